The molecule has 0 fully saturated rings. The number of rotatable bonds is 10. The van der Waals surface area contributed by atoms with Crippen molar-refractivity contribution >= 4 is 83.6 Å². The Morgan fingerprint density at radius 3 is 1.88 bits per heavy atom. The number of imidazole rings is 1. The molecule has 0 spiro atoms. The fourth-order valence-corrected chi connectivity index (χ4v) is 19.4. The van der Waals surface area contributed by atoms with Crippen LogP contribution in [0.1, 0.15) is 103 Å². The Kier molecular flexibility index (Phi) is 11.4. The average Bonchev–Trinajstić information content (AvgIpc) is 0.827. The molecule has 6 nitrogen and oxygen atoms in total. The summed E-state index contributed by atoms with van der Waals surface area (Å²) in [6.07, 6.45) is 7.50. The summed E-state index contributed by atoms with van der Waals surface area (Å²) in [5.74, 6) is 1.28. The Morgan fingerprint density at radius 2 is 1.12 bits per heavy atom. The van der Waals surface area contributed by atoms with E-state index < -0.39 is 143 Å². The number of aromatic nitrogens is 4. The van der Waals surface area contributed by atoms with Crippen molar-refractivity contribution in [2.75, 3.05) is 0 Å². The van der Waals surface area contributed by atoms with Gasteiger partial charge in [-0.2, -0.15) is 18.2 Å². The Bertz CT molecular complexity index is 7320. The minimum absolute atomic E-state index is 0. The number of para-hydroxylation sites is 3. The molecule has 0 saturated carbocycles. The third-order valence-electron chi connectivity index (χ3n) is 21.1. The number of hydrogen-bond acceptors (Lipinski definition) is 3. The minimum atomic E-state index is -6.18. The van der Waals surface area contributed by atoms with E-state index in [2.05, 4.69) is 132 Å². The third kappa shape index (κ3) is 10.4. The van der Waals surface area contributed by atoms with E-state index >= 15 is 0 Å². The number of furan rings is 1. The molecule has 0 bridgehead atoms. The Hall–Kier alpha value is -11.2. The van der Waals surface area contributed by atoms with Crippen LogP contribution in [0, 0.1) is 18.5 Å². The molecule has 104 heavy (non-hydrogen) atoms. The largest absolute Gasteiger partial charge is 0.510 e. The molecule has 0 unspecified atom stereocenters. The zero-order valence-electron chi connectivity index (χ0n) is 75.7. The predicted octanol–water partition coefficient (Wildman–Crippen LogP) is 21.2. The van der Waals surface area contributed by atoms with Crippen LogP contribution in [0.3, 0.4) is 0 Å². The van der Waals surface area contributed by atoms with E-state index in [1.54, 1.807) is 22.8 Å². The molecule has 0 atom stereocenters. The maximum Gasteiger partial charge on any atom is 0.268 e. The van der Waals surface area contributed by atoms with Crippen LogP contribution in [0.15, 0.2) is 301 Å². The summed E-state index contributed by atoms with van der Waals surface area (Å²) in [5.41, 5.74) is 13.1. The van der Waals surface area contributed by atoms with Gasteiger partial charge in [0, 0.05) is 55.1 Å². The van der Waals surface area contributed by atoms with Crippen molar-refractivity contribution in [2.24, 2.45) is 0 Å². The molecule has 0 radical (unpaired) electrons. The van der Waals surface area contributed by atoms with Crippen molar-refractivity contribution in [1.29, 1.82) is 0 Å². The molecular weight excluding hydrogens is 1460 g/mol. The van der Waals surface area contributed by atoms with Gasteiger partial charge in [0.25, 0.3) is 6.33 Å². The second kappa shape index (κ2) is 24.8. The molecule has 5 heterocycles. The summed E-state index contributed by atoms with van der Waals surface area (Å²) in [7, 11) is -6.18. The number of ether oxygens (including phenoxy) is 1. The molecule has 0 amide bonds. The van der Waals surface area contributed by atoms with Crippen LogP contribution in [0.2, 0.25) is 0 Å². The van der Waals surface area contributed by atoms with Gasteiger partial charge >= 0.3 is 0 Å². The average molecular weight is 1560 g/mol. The molecule has 0 N–H and O–H groups in total. The summed E-state index contributed by atoms with van der Waals surface area (Å²) in [4.78, 5) is 4.92. The van der Waals surface area contributed by atoms with Gasteiger partial charge in [0.05, 0.1) is 41.4 Å². The zero-order valence-corrected chi connectivity index (χ0v) is 61.0. The summed E-state index contributed by atoms with van der Waals surface area (Å²) in [6.45, 7) is 15.6. The Morgan fingerprint density at radius 1 is 0.490 bits per heavy atom. The SMILES string of the molecule is [2H]c1cc([2H])c([Si](c2c([2H])c([2H])c([2H])c([2H])c2[2H])(c2c([2H])c([2H])c([2H])c([2H])c2[2H])c2c([2H])c([2H])c([2H])c(-c3cc4c5c(c3)n(-c3[c-]c(Oc6[c-]c7c(cc6)c6ccccc6n7-c6cc(C(C)(C)C)ccn6)ccc3)[c-][n+]5-c3c(-c5ccc6oc7ccccc7c6c5)cccc3-c3cc5c(cc3-c3ccccc3-4)C(C)(C)CCC5(C)C)c2[2H])c([2H])c1[2H].[Pt]. The summed E-state index contributed by atoms with van der Waals surface area (Å²) in [5, 5.41) is 0.316. The summed E-state index contributed by atoms with van der Waals surface area (Å²) < 4.78 is 195. The summed E-state index contributed by atoms with van der Waals surface area (Å²) >= 11 is 0. The summed E-state index contributed by atoms with van der Waals surface area (Å²) in [6, 6.07) is 48.7. The van der Waals surface area contributed by atoms with Gasteiger partial charge in [-0.15, -0.1) is 29.7 Å². The van der Waals surface area contributed by atoms with Gasteiger partial charge in [0.1, 0.15) is 17.0 Å². The maximum absolute atomic E-state index is 11.2. The van der Waals surface area contributed by atoms with E-state index in [0.717, 1.165) is 90.5 Å². The molecule has 19 rings (SSSR count). The Balaban J connectivity index is 0.0000102. The van der Waals surface area contributed by atoms with E-state index in [4.69, 9.17) is 18.3 Å². The van der Waals surface area contributed by atoms with Crippen molar-refractivity contribution in [1.82, 2.24) is 14.1 Å². The molecule has 1 aliphatic heterocycles. The monoisotopic (exact) mass is 1560 g/mol. The van der Waals surface area contributed by atoms with Crippen LogP contribution in [-0.4, -0.2) is 22.2 Å². The maximum atomic E-state index is 11.2. The van der Waals surface area contributed by atoms with Crippen molar-refractivity contribution in [2.45, 2.75) is 77.6 Å². The van der Waals surface area contributed by atoms with E-state index in [1.165, 1.54) is 5.56 Å². The van der Waals surface area contributed by atoms with Gasteiger partial charge in [-0.05, 0) is 182 Å². The molecule has 8 heteroatoms. The van der Waals surface area contributed by atoms with Gasteiger partial charge in [-0.1, -0.05) is 266 Å². The van der Waals surface area contributed by atoms with Gasteiger partial charge in [-0.25, -0.2) is 4.98 Å². The second-order valence-electron chi connectivity index (χ2n) is 29.1. The van der Waals surface area contributed by atoms with Crippen molar-refractivity contribution < 1.29 is 59.5 Å². The third-order valence-corrected chi connectivity index (χ3v) is 25.1. The molecule has 506 valence electrons. The van der Waals surface area contributed by atoms with E-state index in [0.29, 0.717) is 61.8 Å². The van der Waals surface area contributed by atoms with Crippen LogP contribution in [-0.2, 0) is 37.3 Å². The molecule has 2 aliphatic rings. The van der Waals surface area contributed by atoms with Crippen LogP contribution < -0.4 is 30.1 Å². The number of hydrogen-bond donors (Lipinski definition) is 0. The zero-order chi connectivity index (χ0) is 85.2. The topological polar surface area (TPSA) is 49.0 Å². The number of fused-ring (bicyclic) bond motifs is 14. The molecule has 1 aliphatic carbocycles. The number of benzene rings is 13. The fourth-order valence-electron chi connectivity index (χ4n) is 15.8. The molecule has 0 saturated heterocycles. The first-order valence-corrected chi connectivity index (χ1v) is 36.5. The smallest absolute Gasteiger partial charge is 0.268 e. The predicted molar refractivity (Wildman–Crippen MR) is 426 cm³/mol. The standard InChI is InChI=1S/C96H74N4O2Si.Pt/c1-94(2,3)65-48-51-97-91(56-65)100-86-42-21-19-38-76(86)77-46-45-68(58-87(77)100)101-67-28-24-27-66(57-67)98-61-99-92-73(63-44-47-90-82(53-63)78-39-20-22-43-89(78)102-90)40-25-41-79(92)81-60-85-84(95(4,5)49-50-96(85,6)7)59-80(81)74-36-17-18-37-75(74)83-54-64(55-88(98)93(83)99)62-26-23-35-72(52-62)103(69-29-11-8-12-30-69,70-31-13-9-14-32-70)71-33-15-10-16-34-71;/h8-48,51-56,59-60H,49-50H2,1-7H3;/q-2;/i8D,9D,10D,11D,12D,13D,14D,15D,23D,26D,29D,30D,31D,32D,33D,34D,35D,52D;. The van der Waals surface area contributed by atoms with Crippen LogP contribution in [0.25, 0.3) is 128 Å². The first-order chi connectivity index (χ1) is 57.6. The van der Waals surface area contributed by atoms with Gasteiger partial charge < -0.3 is 18.3 Å². The molecular formula is C96H74N4O2PtSi-2. The first-order valence-electron chi connectivity index (χ1n) is 43.5. The second-order valence-corrected chi connectivity index (χ2v) is 32.6. The van der Waals surface area contributed by atoms with Crippen LogP contribution in [0.4, 0.5) is 0 Å². The minimum Gasteiger partial charge on any atom is -0.510 e. The van der Waals surface area contributed by atoms with E-state index in [9.17, 15) is 20.6 Å². The van der Waals surface area contributed by atoms with Gasteiger partial charge in [0.2, 0.25) is 0 Å². The van der Waals surface area contributed by atoms with Crippen LogP contribution >= 0.6 is 0 Å². The van der Waals surface area contributed by atoms with Gasteiger partial charge in [0.15, 0.2) is 8.07 Å². The first kappa shape index (κ1) is 47.9. The van der Waals surface area contributed by atoms with Crippen molar-refractivity contribution in [3.63, 3.8) is 0 Å². The molecule has 17 aromatic rings. The number of nitrogens with zero attached hydrogens (tertiary/aromatic N) is 4. The molecule has 4 aromatic heterocycles. The van der Waals surface area contributed by atoms with Crippen molar-refractivity contribution in [3.8, 4) is 84.3 Å². The number of pyridine rings is 1. The van der Waals surface area contributed by atoms with Crippen molar-refractivity contribution in [3.05, 3.63) is 332 Å². The Labute approximate surface area is 647 Å². The normalized spacial score (nSPS) is 16.1. The van der Waals surface area contributed by atoms with E-state index in [-0.39, 0.29) is 48.6 Å². The fraction of sp³-hybridized carbons (Fsp3) is 0.125. The van der Waals surface area contributed by atoms with E-state index in [1.807, 2.05) is 108 Å². The quantitative estimate of drug-likeness (QED) is 0.0593. The molecule has 13 aromatic carbocycles. The van der Waals surface area contributed by atoms with Crippen LogP contribution in [0.5, 0.6) is 11.5 Å². The van der Waals surface area contributed by atoms with Gasteiger partial charge in [-0.3, -0.25) is 4.57 Å².